The van der Waals surface area contributed by atoms with Crippen LogP contribution < -0.4 is 5.73 Å². The average Bonchev–Trinajstić information content (AvgIpc) is 1.96. The summed E-state index contributed by atoms with van der Waals surface area (Å²) < 4.78 is 13.2. The summed E-state index contributed by atoms with van der Waals surface area (Å²) in [6, 6.07) is 2.63. The molecule has 1 rings (SSSR count). The molecule has 0 spiro atoms. The van der Waals surface area contributed by atoms with Gasteiger partial charge in [0.05, 0.1) is 5.02 Å². The Morgan fingerprint density at radius 1 is 1.55 bits per heavy atom. The number of halogens is 3. The molecule has 0 atom stereocenters. The highest BCUT2D eigenvalue weighted by Gasteiger charge is 2.04. The Bertz CT molecular complexity index is 277. The lowest BCUT2D eigenvalue weighted by Crippen LogP contribution is -1.98. The summed E-state index contributed by atoms with van der Waals surface area (Å²) in [7, 11) is 0. The molecule has 1 aromatic rings. The second-order valence-corrected chi connectivity index (χ2v) is 3.30. The van der Waals surface area contributed by atoms with E-state index in [-0.39, 0.29) is 12.4 Å². The summed E-state index contributed by atoms with van der Waals surface area (Å²) in [5.74, 6) is -0.332. The van der Waals surface area contributed by atoms with Crippen molar-refractivity contribution in [2.24, 2.45) is 5.73 Å². The van der Waals surface area contributed by atoms with Crippen molar-refractivity contribution in [3.8, 4) is 0 Å². The first-order valence-corrected chi connectivity index (χ1v) is 4.15. The zero-order valence-electron chi connectivity index (χ0n) is 5.57. The molecule has 0 saturated carbocycles. The Labute approximate surface area is 77.5 Å². The summed E-state index contributed by atoms with van der Waals surface area (Å²) in [6.45, 7) is 0.245. The minimum absolute atomic E-state index is 0.245. The van der Waals surface area contributed by atoms with Crippen LogP contribution in [0, 0.1) is 5.82 Å². The average molecular weight is 238 g/mol. The van der Waals surface area contributed by atoms with Gasteiger partial charge in [0.25, 0.3) is 0 Å². The number of nitrogens with two attached hydrogens (primary N) is 1. The fourth-order valence-electron chi connectivity index (χ4n) is 0.758. The van der Waals surface area contributed by atoms with Gasteiger partial charge >= 0.3 is 0 Å². The molecule has 0 aliphatic carbocycles. The molecule has 0 aliphatic heterocycles. The second kappa shape index (κ2) is 3.52. The largest absolute Gasteiger partial charge is 0.326 e. The van der Waals surface area contributed by atoms with Crippen molar-refractivity contribution >= 4 is 27.5 Å². The van der Waals surface area contributed by atoms with E-state index in [0.717, 1.165) is 0 Å². The molecule has 0 aliphatic rings. The topological polar surface area (TPSA) is 26.0 Å². The molecule has 0 bridgehead atoms. The van der Waals surface area contributed by atoms with Crippen LogP contribution in [0.3, 0.4) is 0 Å². The predicted octanol–water partition coefficient (Wildman–Crippen LogP) is 2.70. The van der Waals surface area contributed by atoms with Gasteiger partial charge in [-0.25, -0.2) is 4.39 Å². The van der Waals surface area contributed by atoms with Crippen LogP contribution in [-0.4, -0.2) is 0 Å². The molecule has 2 N–H and O–H groups in total. The Kier molecular flexibility index (Phi) is 2.87. The van der Waals surface area contributed by atoms with Gasteiger partial charge in [0.1, 0.15) is 5.82 Å². The monoisotopic (exact) mass is 237 g/mol. The lowest BCUT2D eigenvalue weighted by Gasteiger charge is -2.02. The Hall–Kier alpha value is -0.120. The van der Waals surface area contributed by atoms with Crippen molar-refractivity contribution < 1.29 is 4.39 Å². The maximum atomic E-state index is 12.7. The van der Waals surface area contributed by atoms with Gasteiger partial charge in [-0.05, 0) is 33.6 Å². The lowest BCUT2D eigenvalue weighted by atomic mass is 10.2. The van der Waals surface area contributed by atoms with E-state index < -0.39 is 0 Å². The maximum Gasteiger partial charge on any atom is 0.124 e. The number of benzene rings is 1. The molecule has 0 aromatic heterocycles. The first kappa shape index (κ1) is 8.97. The van der Waals surface area contributed by atoms with E-state index in [9.17, 15) is 4.39 Å². The summed E-state index contributed by atoms with van der Waals surface area (Å²) in [4.78, 5) is 0. The van der Waals surface area contributed by atoms with Crippen molar-refractivity contribution in [1.82, 2.24) is 0 Å². The van der Waals surface area contributed by atoms with Gasteiger partial charge in [0.15, 0.2) is 0 Å². The summed E-state index contributed by atoms with van der Waals surface area (Å²) >= 11 is 8.88. The van der Waals surface area contributed by atoms with E-state index in [4.69, 9.17) is 17.3 Å². The van der Waals surface area contributed by atoms with Gasteiger partial charge in [0, 0.05) is 11.0 Å². The molecule has 11 heavy (non-hydrogen) atoms. The van der Waals surface area contributed by atoms with E-state index in [1.807, 2.05) is 0 Å². The highest BCUT2D eigenvalue weighted by molar-refractivity contribution is 9.10. The zero-order valence-corrected chi connectivity index (χ0v) is 7.91. The zero-order chi connectivity index (χ0) is 8.43. The molecule has 0 radical (unpaired) electrons. The Morgan fingerprint density at radius 2 is 2.18 bits per heavy atom. The number of hydrogen-bond acceptors (Lipinski definition) is 1. The fourth-order valence-corrected chi connectivity index (χ4v) is 1.42. The SMILES string of the molecule is NCc1cc(F)cc(Br)c1Cl. The van der Waals surface area contributed by atoms with Crippen molar-refractivity contribution in [3.05, 3.63) is 33.0 Å². The molecule has 0 saturated heterocycles. The van der Waals surface area contributed by atoms with Crippen LogP contribution >= 0.6 is 27.5 Å². The lowest BCUT2D eigenvalue weighted by molar-refractivity contribution is 0.624. The van der Waals surface area contributed by atoms with Gasteiger partial charge in [-0.2, -0.15) is 0 Å². The van der Waals surface area contributed by atoms with Crippen LogP contribution in [-0.2, 0) is 6.54 Å². The summed E-state index contributed by atoms with van der Waals surface area (Å²) in [5.41, 5.74) is 5.93. The first-order chi connectivity index (χ1) is 5.15. The van der Waals surface area contributed by atoms with Crippen LogP contribution in [0.15, 0.2) is 16.6 Å². The highest BCUT2D eigenvalue weighted by atomic mass is 79.9. The molecule has 0 fully saturated rings. The van der Waals surface area contributed by atoms with Crippen molar-refractivity contribution in [2.45, 2.75) is 6.54 Å². The summed E-state index contributed by atoms with van der Waals surface area (Å²) in [5, 5.41) is 0.480. The standard InChI is InChI=1S/C7H6BrClFN/c8-6-2-5(10)1-4(3-11)7(6)9/h1-2H,3,11H2. The van der Waals surface area contributed by atoms with Crippen LogP contribution in [0.4, 0.5) is 4.39 Å². The second-order valence-electron chi connectivity index (χ2n) is 2.06. The highest BCUT2D eigenvalue weighted by Crippen LogP contribution is 2.26. The van der Waals surface area contributed by atoms with Crippen molar-refractivity contribution in [2.75, 3.05) is 0 Å². The van der Waals surface area contributed by atoms with Gasteiger partial charge in [-0.3, -0.25) is 0 Å². The third-order valence-corrected chi connectivity index (χ3v) is 2.59. The van der Waals surface area contributed by atoms with Gasteiger partial charge < -0.3 is 5.73 Å². The Balaban J connectivity index is 3.24. The van der Waals surface area contributed by atoms with Gasteiger partial charge in [-0.15, -0.1) is 0 Å². The minimum Gasteiger partial charge on any atom is -0.326 e. The smallest absolute Gasteiger partial charge is 0.124 e. The molecule has 0 unspecified atom stereocenters. The van der Waals surface area contributed by atoms with E-state index >= 15 is 0 Å². The minimum atomic E-state index is -0.332. The molecular weight excluding hydrogens is 232 g/mol. The molecule has 60 valence electrons. The third-order valence-electron chi connectivity index (χ3n) is 1.29. The van der Waals surface area contributed by atoms with E-state index in [2.05, 4.69) is 15.9 Å². The molecular formula is C7H6BrClFN. The molecule has 4 heteroatoms. The molecule has 0 amide bonds. The molecule has 1 aromatic carbocycles. The van der Waals surface area contributed by atoms with E-state index in [0.29, 0.717) is 15.1 Å². The summed E-state index contributed by atoms with van der Waals surface area (Å²) in [6.07, 6.45) is 0. The quantitative estimate of drug-likeness (QED) is 0.748. The van der Waals surface area contributed by atoms with Crippen molar-refractivity contribution in [3.63, 3.8) is 0 Å². The van der Waals surface area contributed by atoms with Crippen LogP contribution in [0.25, 0.3) is 0 Å². The first-order valence-electron chi connectivity index (χ1n) is 2.98. The van der Waals surface area contributed by atoms with Crippen LogP contribution in [0.2, 0.25) is 5.02 Å². The van der Waals surface area contributed by atoms with Gasteiger partial charge in [-0.1, -0.05) is 11.6 Å². The number of hydrogen-bond donors (Lipinski definition) is 1. The van der Waals surface area contributed by atoms with E-state index in [1.165, 1.54) is 12.1 Å². The number of rotatable bonds is 1. The van der Waals surface area contributed by atoms with E-state index in [1.54, 1.807) is 0 Å². The van der Waals surface area contributed by atoms with Crippen LogP contribution in [0.5, 0.6) is 0 Å². The Morgan fingerprint density at radius 3 is 2.73 bits per heavy atom. The molecule has 1 nitrogen and oxygen atoms in total. The van der Waals surface area contributed by atoms with Gasteiger partial charge in [0.2, 0.25) is 0 Å². The van der Waals surface area contributed by atoms with Crippen LogP contribution in [0.1, 0.15) is 5.56 Å². The fraction of sp³-hybridized carbons (Fsp3) is 0.143. The maximum absolute atomic E-state index is 12.7. The predicted molar refractivity (Wildman–Crippen MR) is 47.0 cm³/mol. The van der Waals surface area contributed by atoms with Crippen molar-refractivity contribution in [1.29, 1.82) is 0 Å². The normalized spacial score (nSPS) is 10.2. The molecule has 0 heterocycles. The third kappa shape index (κ3) is 1.92.